The molecule has 2 aliphatic rings. The zero-order valence-corrected chi connectivity index (χ0v) is 14.1. The number of amides is 1. The van der Waals surface area contributed by atoms with Crippen LogP contribution in [0.5, 0.6) is 0 Å². The molecule has 1 unspecified atom stereocenters. The molecule has 1 atom stereocenters. The number of carbonyl (C=O) groups excluding carboxylic acids is 1. The van der Waals surface area contributed by atoms with Gasteiger partial charge in [-0.1, -0.05) is 6.42 Å². The second-order valence-electron chi connectivity index (χ2n) is 7.40. The highest BCUT2D eigenvalue weighted by Gasteiger charge is 2.28. The van der Waals surface area contributed by atoms with Crippen LogP contribution >= 0.6 is 0 Å². The van der Waals surface area contributed by atoms with E-state index in [-0.39, 0.29) is 6.09 Å². The molecule has 2 rings (SSSR count). The van der Waals surface area contributed by atoms with Gasteiger partial charge in [0.15, 0.2) is 0 Å². The van der Waals surface area contributed by atoms with E-state index in [0.717, 1.165) is 32.7 Å². The lowest BCUT2D eigenvalue weighted by Crippen LogP contribution is -2.53. The van der Waals surface area contributed by atoms with Crippen LogP contribution in [0.1, 0.15) is 40.0 Å². The first kappa shape index (κ1) is 16.6. The van der Waals surface area contributed by atoms with Crippen molar-refractivity contribution >= 4 is 6.09 Å². The molecule has 0 radical (unpaired) electrons. The standard InChI is InChI=1S/C16H31N3O2/c1-16(2,3)21-15(20)19-11-9-18(10-12-19)13-14-7-5-6-8-17(14)4/h14H,5-13H2,1-4H3. The second-order valence-corrected chi connectivity index (χ2v) is 7.40. The summed E-state index contributed by atoms with van der Waals surface area (Å²) in [5, 5.41) is 0. The Hall–Kier alpha value is -0.810. The molecule has 2 heterocycles. The summed E-state index contributed by atoms with van der Waals surface area (Å²) in [5.74, 6) is 0. The Bertz CT molecular complexity index is 346. The van der Waals surface area contributed by atoms with E-state index in [1.54, 1.807) is 0 Å². The molecule has 0 bridgehead atoms. The fourth-order valence-electron chi connectivity index (χ4n) is 3.11. The van der Waals surface area contributed by atoms with Gasteiger partial charge in [-0.3, -0.25) is 4.90 Å². The van der Waals surface area contributed by atoms with E-state index in [4.69, 9.17) is 4.74 Å². The fraction of sp³-hybridized carbons (Fsp3) is 0.938. The number of hydrogen-bond acceptors (Lipinski definition) is 4. The Morgan fingerprint density at radius 2 is 1.76 bits per heavy atom. The number of piperazine rings is 1. The third-order valence-electron chi connectivity index (χ3n) is 4.41. The number of rotatable bonds is 2. The van der Waals surface area contributed by atoms with Crippen molar-refractivity contribution in [2.45, 2.75) is 51.7 Å². The molecule has 0 aromatic heterocycles. The Balaban J connectivity index is 1.74. The molecular weight excluding hydrogens is 266 g/mol. The first-order chi connectivity index (χ1) is 9.85. The van der Waals surface area contributed by atoms with Crippen LogP contribution in [-0.2, 0) is 4.74 Å². The SMILES string of the molecule is CN1CCCCC1CN1CCN(C(=O)OC(C)(C)C)CC1. The van der Waals surface area contributed by atoms with E-state index in [9.17, 15) is 4.79 Å². The van der Waals surface area contributed by atoms with E-state index in [1.165, 1.54) is 25.8 Å². The minimum absolute atomic E-state index is 0.170. The maximum atomic E-state index is 12.0. The summed E-state index contributed by atoms with van der Waals surface area (Å²) in [6, 6.07) is 0.687. The van der Waals surface area contributed by atoms with Gasteiger partial charge in [-0.05, 0) is 47.2 Å². The van der Waals surface area contributed by atoms with Crippen molar-refractivity contribution in [1.82, 2.24) is 14.7 Å². The number of piperidine rings is 1. The van der Waals surface area contributed by atoms with Crippen LogP contribution in [-0.4, -0.2) is 78.8 Å². The zero-order valence-electron chi connectivity index (χ0n) is 14.1. The van der Waals surface area contributed by atoms with E-state index < -0.39 is 5.60 Å². The summed E-state index contributed by atoms with van der Waals surface area (Å²) in [5.41, 5.74) is -0.404. The van der Waals surface area contributed by atoms with Crippen molar-refractivity contribution in [3.05, 3.63) is 0 Å². The molecule has 2 saturated heterocycles. The number of ether oxygens (including phenoxy) is 1. The van der Waals surface area contributed by atoms with E-state index in [2.05, 4.69) is 16.8 Å². The third-order valence-corrected chi connectivity index (χ3v) is 4.41. The second kappa shape index (κ2) is 6.97. The molecule has 5 heteroatoms. The predicted molar refractivity (Wildman–Crippen MR) is 84.5 cm³/mol. The van der Waals surface area contributed by atoms with Crippen molar-refractivity contribution < 1.29 is 9.53 Å². The van der Waals surface area contributed by atoms with Crippen LogP contribution in [0, 0.1) is 0 Å². The minimum atomic E-state index is -0.404. The summed E-state index contributed by atoms with van der Waals surface area (Å²) in [4.78, 5) is 18.9. The Morgan fingerprint density at radius 3 is 2.33 bits per heavy atom. The summed E-state index contributed by atoms with van der Waals surface area (Å²) >= 11 is 0. The van der Waals surface area contributed by atoms with Gasteiger partial charge >= 0.3 is 6.09 Å². The summed E-state index contributed by atoms with van der Waals surface area (Å²) in [7, 11) is 2.24. The van der Waals surface area contributed by atoms with Crippen LogP contribution in [0.25, 0.3) is 0 Å². The molecular formula is C16H31N3O2. The Kier molecular flexibility index (Phi) is 5.49. The van der Waals surface area contributed by atoms with Gasteiger partial charge < -0.3 is 14.5 Å². The lowest BCUT2D eigenvalue weighted by Gasteiger charge is -2.40. The summed E-state index contributed by atoms with van der Waals surface area (Å²) in [6.07, 6.45) is 3.83. The Labute approximate surface area is 129 Å². The van der Waals surface area contributed by atoms with Gasteiger partial charge in [0.25, 0.3) is 0 Å². The van der Waals surface area contributed by atoms with Gasteiger partial charge in [0.1, 0.15) is 5.60 Å². The van der Waals surface area contributed by atoms with Crippen molar-refractivity contribution in [1.29, 1.82) is 0 Å². The molecule has 0 aromatic rings. The van der Waals surface area contributed by atoms with Crippen LogP contribution in [0.4, 0.5) is 4.79 Å². The quantitative estimate of drug-likeness (QED) is 0.781. The van der Waals surface area contributed by atoms with Gasteiger partial charge in [0.05, 0.1) is 0 Å². The number of carbonyl (C=O) groups is 1. The normalized spacial score (nSPS) is 25.9. The molecule has 0 spiro atoms. The van der Waals surface area contributed by atoms with Crippen LogP contribution < -0.4 is 0 Å². The monoisotopic (exact) mass is 297 g/mol. The largest absolute Gasteiger partial charge is 0.444 e. The van der Waals surface area contributed by atoms with Gasteiger partial charge in [-0.15, -0.1) is 0 Å². The zero-order chi connectivity index (χ0) is 15.5. The van der Waals surface area contributed by atoms with E-state index in [1.807, 2.05) is 25.7 Å². The number of nitrogens with zero attached hydrogens (tertiary/aromatic N) is 3. The van der Waals surface area contributed by atoms with Gasteiger partial charge in [-0.2, -0.15) is 0 Å². The van der Waals surface area contributed by atoms with E-state index >= 15 is 0 Å². The summed E-state index contributed by atoms with van der Waals surface area (Å²) < 4.78 is 5.44. The molecule has 0 N–H and O–H groups in total. The highest BCUT2D eigenvalue weighted by atomic mass is 16.6. The first-order valence-electron chi connectivity index (χ1n) is 8.26. The lowest BCUT2D eigenvalue weighted by atomic mass is 10.0. The maximum Gasteiger partial charge on any atom is 0.410 e. The molecule has 0 aromatic carbocycles. The Morgan fingerprint density at radius 1 is 1.10 bits per heavy atom. The van der Waals surface area contributed by atoms with Crippen molar-refractivity contribution in [2.24, 2.45) is 0 Å². The number of likely N-dealkylation sites (N-methyl/N-ethyl adjacent to an activating group) is 1. The molecule has 0 saturated carbocycles. The smallest absolute Gasteiger partial charge is 0.410 e. The van der Waals surface area contributed by atoms with Crippen LogP contribution in [0.15, 0.2) is 0 Å². The highest BCUT2D eigenvalue weighted by Crippen LogP contribution is 2.17. The fourth-order valence-corrected chi connectivity index (χ4v) is 3.11. The molecule has 5 nitrogen and oxygen atoms in total. The molecule has 2 fully saturated rings. The van der Waals surface area contributed by atoms with Gasteiger partial charge in [0, 0.05) is 38.8 Å². The maximum absolute atomic E-state index is 12.0. The molecule has 122 valence electrons. The van der Waals surface area contributed by atoms with Crippen molar-refractivity contribution in [2.75, 3.05) is 46.3 Å². The van der Waals surface area contributed by atoms with Crippen LogP contribution in [0.2, 0.25) is 0 Å². The van der Waals surface area contributed by atoms with Crippen molar-refractivity contribution in [3.63, 3.8) is 0 Å². The average molecular weight is 297 g/mol. The first-order valence-corrected chi connectivity index (χ1v) is 8.26. The van der Waals surface area contributed by atoms with Gasteiger partial charge in [0.2, 0.25) is 0 Å². The minimum Gasteiger partial charge on any atom is -0.444 e. The molecule has 21 heavy (non-hydrogen) atoms. The number of likely N-dealkylation sites (tertiary alicyclic amines) is 1. The van der Waals surface area contributed by atoms with Crippen molar-refractivity contribution in [3.8, 4) is 0 Å². The third kappa shape index (κ3) is 5.15. The lowest BCUT2D eigenvalue weighted by molar-refractivity contribution is 0.0115. The molecule has 1 amide bonds. The highest BCUT2D eigenvalue weighted by molar-refractivity contribution is 5.68. The average Bonchev–Trinajstić information content (AvgIpc) is 2.40. The topological polar surface area (TPSA) is 36.0 Å². The van der Waals surface area contributed by atoms with Crippen LogP contribution in [0.3, 0.4) is 0 Å². The number of hydrogen-bond donors (Lipinski definition) is 0. The summed E-state index contributed by atoms with van der Waals surface area (Å²) in [6.45, 7) is 11.6. The van der Waals surface area contributed by atoms with E-state index in [0.29, 0.717) is 6.04 Å². The molecule has 2 aliphatic heterocycles. The van der Waals surface area contributed by atoms with Gasteiger partial charge in [-0.25, -0.2) is 4.79 Å². The predicted octanol–water partition coefficient (Wildman–Crippen LogP) is 2.02. The molecule has 0 aliphatic carbocycles.